The molecule has 0 aliphatic carbocycles. The highest BCUT2D eigenvalue weighted by atomic mass is 16.6. The molecule has 30 valence electrons. The molecule has 2 nitrogen and oxygen atoms in total. The molecule has 0 aliphatic heterocycles. The minimum absolute atomic E-state index is 0.444. The summed E-state index contributed by atoms with van der Waals surface area (Å²) in [6.45, 7) is 2.37. The van der Waals surface area contributed by atoms with Crippen molar-refractivity contribution < 1.29 is 4.84 Å². The van der Waals surface area contributed by atoms with Crippen molar-refractivity contribution >= 4 is 0 Å². The van der Waals surface area contributed by atoms with Crippen LogP contribution in [-0.2, 0) is 4.84 Å². The molecule has 0 aromatic carbocycles. The lowest BCUT2D eigenvalue weighted by molar-refractivity contribution is 0.119. The third kappa shape index (κ3) is 3.92. The molecule has 0 aromatic heterocycles. The molecule has 5 heavy (non-hydrogen) atoms. The Labute approximate surface area is 31.9 Å². The predicted octanol–water partition coefficient (Wildman–Crippen LogP) is 0.397. The summed E-state index contributed by atoms with van der Waals surface area (Å²) in [5.41, 5.74) is 0. The lowest BCUT2D eigenvalue weighted by Gasteiger charge is -1.79. The Kier molecular flexibility index (Phi) is 3.86. The maximum absolute atomic E-state index is 7.57. The van der Waals surface area contributed by atoms with Gasteiger partial charge in [-0.1, -0.05) is 6.92 Å². The summed E-state index contributed by atoms with van der Waals surface area (Å²) in [5.74, 6) is 7.57. The van der Waals surface area contributed by atoms with Crippen LogP contribution >= 0.6 is 0 Å². The Morgan fingerprint density at radius 3 is 2.40 bits per heavy atom. The van der Waals surface area contributed by atoms with E-state index >= 15 is 0 Å². The third-order valence-electron chi connectivity index (χ3n) is 0.295. The summed E-state index contributed by atoms with van der Waals surface area (Å²) < 4.78 is 0. The molecule has 0 atom stereocenters. The SMILES string of the molecule is CCCO[N]. The topological polar surface area (TPSA) is 31.5 Å². The average molecular weight is 73.1 g/mol. The Morgan fingerprint density at radius 2 is 2.40 bits per heavy atom. The molecule has 0 unspecified atom stereocenters. The van der Waals surface area contributed by atoms with E-state index in [9.17, 15) is 0 Å². The summed E-state index contributed by atoms with van der Waals surface area (Å²) in [5, 5.41) is 0. The molecular weight excluding hydrogens is 66.0 g/mol. The van der Waals surface area contributed by atoms with Crippen molar-refractivity contribution in [2.45, 2.75) is 13.3 Å². The quantitative estimate of drug-likeness (QED) is 0.435. The smallest absolute Gasteiger partial charge is 0.0717 e. The molecule has 0 spiro atoms. The van der Waals surface area contributed by atoms with Gasteiger partial charge in [-0.2, -0.15) is 0 Å². The van der Waals surface area contributed by atoms with Crippen LogP contribution in [0.15, 0.2) is 0 Å². The zero-order valence-electron chi connectivity index (χ0n) is 3.27. The van der Waals surface area contributed by atoms with Crippen LogP contribution in [0.5, 0.6) is 0 Å². The van der Waals surface area contributed by atoms with E-state index in [0.717, 1.165) is 6.42 Å². The van der Waals surface area contributed by atoms with Crippen LogP contribution in [-0.4, -0.2) is 6.61 Å². The monoisotopic (exact) mass is 73.1 g/mol. The first-order valence-electron chi connectivity index (χ1n) is 1.68. The first kappa shape index (κ1) is 4.92. The van der Waals surface area contributed by atoms with Crippen LogP contribution in [0.4, 0.5) is 0 Å². The Bertz CT molecular complexity index is 14.4. The van der Waals surface area contributed by atoms with Crippen LogP contribution in [0.3, 0.4) is 0 Å². The van der Waals surface area contributed by atoms with Crippen molar-refractivity contribution in [3.05, 3.63) is 0 Å². The van der Waals surface area contributed by atoms with Crippen LogP contribution in [0.2, 0.25) is 0 Å². The summed E-state index contributed by atoms with van der Waals surface area (Å²) >= 11 is 0. The second kappa shape index (κ2) is 3.92. The van der Waals surface area contributed by atoms with Gasteiger partial charge in [0.1, 0.15) is 0 Å². The van der Waals surface area contributed by atoms with Gasteiger partial charge in [0.2, 0.25) is 0 Å². The minimum Gasteiger partial charge on any atom is -0.264 e. The fraction of sp³-hybridized carbons (Fsp3) is 1.00. The molecule has 2 heteroatoms. The average Bonchev–Trinajstić information content (AvgIpc) is 1.41. The molecule has 0 heterocycles. The number of nitrogens with zero attached hydrogens (tertiary/aromatic N) is 1. The second-order valence-electron chi connectivity index (χ2n) is 0.833. The van der Waals surface area contributed by atoms with E-state index in [0.29, 0.717) is 6.61 Å². The molecule has 2 radical (unpaired) electrons. The fourth-order valence-electron chi connectivity index (χ4n) is 0.0913. The van der Waals surface area contributed by atoms with Gasteiger partial charge in [-0.15, -0.1) is 0 Å². The lowest BCUT2D eigenvalue weighted by Crippen LogP contribution is -1.84. The summed E-state index contributed by atoms with van der Waals surface area (Å²) in [7, 11) is 0. The van der Waals surface area contributed by atoms with Crippen molar-refractivity contribution in [1.29, 1.82) is 0 Å². The number of hydrogen-bond acceptors (Lipinski definition) is 1. The van der Waals surface area contributed by atoms with Gasteiger partial charge in [0.25, 0.3) is 0 Å². The van der Waals surface area contributed by atoms with Crippen molar-refractivity contribution in [2.75, 3.05) is 6.61 Å². The minimum atomic E-state index is 0.444. The molecule has 0 aromatic rings. The molecular formula is C3H7NO. The lowest BCUT2D eigenvalue weighted by atomic mass is 10.5. The van der Waals surface area contributed by atoms with Crippen molar-refractivity contribution in [2.24, 2.45) is 0 Å². The molecule has 0 aliphatic rings. The maximum Gasteiger partial charge on any atom is 0.0717 e. The van der Waals surface area contributed by atoms with E-state index in [-0.39, 0.29) is 0 Å². The van der Waals surface area contributed by atoms with Crippen molar-refractivity contribution in [3.8, 4) is 0 Å². The van der Waals surface area contributed by atoms with E-state index in [1.165, 1.54) is 0 Å². The molecule has 0 saturated carbocycles. The van der Waals surface area contributed by atoms with E-state index < -0.39 is 0 Å². The van der Waals surface area contributed by atoms with Crippen LogP contribution in [0, 0.1) is 0 Å². The second-order valence-corrected chi connectivity index (χ2v) is 0.833. The van der Waals surface area contributed by atoms with Gasteiger partial charge in [-0.3, -0.25) is 4.84 Å². The normalized spacial score (nSPS) is 8.40. The molecule has 0 saturated heterocycles. The summed E-state index contributed by atoms with van der Waals surface area (Å²) in [6, 6.07) is 0. The van der Waals surface area contributed by atoms with Gasteiger partial charge >= 0.3 is 0 Å². The Morgan fingerprint density at radius 1 is 1.80 bits per heavy atom. The summed E-state index contributed by atoms with van der Waals surface area (Å²) in [4.78, 5) is 3.69. The maximum atomic E-state index is 7.57. The van der Waals surface area contributed by atoms with Gasteiger partial charge in [0.05, 0.1) is 6.61 Å². The van der Waals surface area contributed by atoms with E-state index in [1.54, 1.807) is 0 Å². The fourth-order valence-corrected chi connectivity index (χ4v) is 0.0913. The Hall–Kier alpha value is -0.0800. The highest BCUT2D eigenvalue weighted by Gasteiger charge is 1.69. The van der Waals surface area contributed by atoms with Crippen LogP contribution in [0.25, 0.3) is 0 Å². The van der Waals surface area contributed by atoms with Gasteiger partial charge in [0.15, 0.2) is 0 Å². The highest BCUT2D eigenvalue weighted by Crippen LogP contribution is 1.69. The molecule has 0 N–H and O–H groups in total. The first-order valence-corrected chi connectivity index (χ1v) is 1.68. The molecule has 0 bridgehead atoms. The zero-order chi connectivity index (χ0) is 4.12. The van der Waals surface area contributed by atoms with Gasteiger partial charge < -0.3 is 0 Å². The predicted molar refractivity (Wildman–Crippen MR) is 18.4 cm³/mol. The number of hydrogen-bond donors (Lipinski definition) is 0. The third-order valence-corrected chi connectivity index (χ3v) is 0.295. The van der Waals surface area contributed by atoms with E-state index in [2.05, 4.69) is 4.84 Å². The van der Waals surface area contributed by atoms with E-state index in [1.807, 2.05) is 6.92 Å². The number of rotatable bonds is 2. The van der Waals surface area contributed by atoms with Crippen molar-refractivity contribution in [1.82, 2.24) is 5.90 Å². The first-order chi connectivity index (χ1) is 2.41. The standard InChI is InChI=1S/C3H7NO/c1-2-3-5-4/h2-3H2,1H3. The van der Waals surface area contributed by atoms with Gasteiger partial charge in [-0.05, 0) is 6.42 Å². The molecule has 0 fully saturated rings. The van der Waals surface area contributed by atoms with Gasteiger partial charge in [-0.25, -0.2) is 0 Å². The van der Waals surface area contributed by atoms with Crippen molar-refractivity contribution in [3.63, 3.8) is 0 Å². The molecule has 0 amide bonds. The zero-order valence-corrected chi connectivity index (χ0v) is 3.27. The van der Waals surface area contributed by atoms with Gasteiger partial charge in [0, 0.05) is 5.90 Å². The van der Waals surface area contributed by atoms with Crippen LogP contribution < -0.4 is 5.90 Å². The Balaban J connectivity index is 2.19. The van der Waals surface area contributed by atoms with Crippen LogP contribution in [0.1, 0.15) is 13.3 Å². The molecule has 0 rings (SSSR count). The summed E-state index contributed by atoms with van der Waals surface area (Å²) in [6.07, 6.45) is 0.872. The highest BCUT2D eigenvalue weighted by molar-refractivity contribution is 4.13. The largest absolute Gasteiger partial charge is 0.264 e. The van der Waals surface area contributed by atoms with E-state index in [4.69, 9.17) is 5.90 Å².